The summed E-state index contributed by atoms with van der Waals surface area (Å²) in [6.45, 7) is 0.193. The third-order valence-electron chi connectivity index (χ3n) is 3.38. The van der Waals surface area contributed by atoms with Gasteiger partial charge in [-0.3, -0.25) is 4.79 Å². The van der Waals surface area contributed by atoms with E-state index in [0.717, 1.165) is 5.56 Å². The highest BCUT2D eigenvalue weighted by Crippen LogP contribution is 2.19. The van der Waals surface area contributed by atoms with E-state index in [2.05, 4.69) is 10.1 Å². The van der Waals surface area contributed by atoms with Crippen LogP contribution in [0, 0.1) is 5.82 Å². The van der Waals surface area contributed by atoms with Gasteiger partial charge in [-0.05, 0) is 24.3 Å². The van der Waals surface area contributed by atoms with E-state index >= 15 is 0 Å². The van der Waals surface area contributed by atoms with Gasteiger partial charge in [-0.25, -0.2) is 14.1 Å². The number of nitrogens with zero attached hydrogens (tertiary/aromatic N) is 3. The van der Waals surface area contributed by atoms with Gasteiger partial charge in [-0.2, -0.15) is 5.10 Å². The second kappa shape index (κ2) is 6.39. The van der Waals surface area contributed by atoms with Crippen LogP contribution in [-0.2, 0) is 6.54 Å². The predicted molar refractivity (Wildman–Crippen MR) is 83.8 cm³/mol. The molecule has 0 aliphatic carbocycles. The minimum Gasteiger partial charge on any atom is -0.481 e. The van der Waals surface area contributed by atoms with Crippen molar-refractivity contribution in [2.75, 3.05) is 7.11 Å². The average molecular weight is 311 g/mol. The maximum atomic E-state index is 13.9. The molecule has 116 valence electrons. The van der Waals surface area contributed by atoms with E-state index in [0.29, 0.717) is 17.1 Å². The number of halogens is 1. The first-order valence-corrected chi connectivity index (χ1v) is 7.00. The molecule has 0 bridgehead atoms. The Kier molecular flexibility index (Phi) is 4.14. The highest BCUT2D eigenvalue weighted by Gasteiger charge is 2.10. The summed E-state index contributed by atoms with van der Waals surface area (Å²) < 4.78 is 20.3. The summed E-state index contributed by atoms with van der Waals surface area (Å²) in [5, 5.41) is 4.25. The molecule has 0 aliphatic rings. The predicted octanol–water partition coefficient (Wildman–Crippen LogP) is 2.50. The molecule has 0 unspecified atom stereocenters. The molecule has 0 saturated heterocycles. The van der Waals surface area contributed by atoms with Crippen LogP contribution in [0.5, 0.6) is 5.88 Å². The Bertz CT molecular complexity index is 893. The molecule has 0 spiro atoms. The minimum absolute atomic E-state index is 0.193. The molecule has 0 saturated carbocycles. The number of rotatable bonds is 4. The average Bonchev–Trinajstić information content (AvgIpc) is 2.58. The van der Waals surface area contributed by atoms with Gasteiger partial charge in [0.1, 0.15) is 5.82 Å². The number of benzene rings is 1. The Labute approximate surface area is 132 Å². The Morgan fingerprint density at radius 1 is 1.13 bits per heavy atom. The lowest BCUT2D eigenvalue weighted by Gasteiger charge is -2.10. The maximum Gasteiger partial charge on any atom is 0.267 e. The number of hydrogen-bond donors (Lipinski definition) is 0. The van der Waals surface area contributed by atoms with E-state index < -0.39 is 0 Å². The summed E-state index contributed by atoms with van der Waals surface area (Å²) in [5.74, 6) is 0.0432. The smallest absolute Gasteiger partial charge is 0.267 e. The van der Waals surface area contributed by atoms with E-state index in [1.165, 1.54) is 30.0 Å². The van der Waals surface area contributed by atoms with E-state index in [1.807, 2.05) is 0 Å². The van der Waals surface area contributed by atoms with E-state index in [-0.39, 0.29) is 17.9 Å². The summed E-state index contributed by atoms with van der Waals surface area (Å²) >= 11 is 0. The summed E-state index contributed by atoms with van der Waals surface area (Å²) in [6.07, 6.45) is 1.61. The number of methoxy groups -OCH3 is 1. The van der Waals surface area contributed by atoms with Crippen LogP contribution in [0.25, 0.3) is 11.3 Å². The lowest BCUT2D eigenvalue weighted by Crippen LogP contribution is -2.23. The molecular weight excluding hydrogens is 297 g/mol. The Morgan fingerprint density at radius 2 is 1.96 bits per heavy atom. The van der Waals surface area contributed by atoms with Crippen LogP contribution in [0.15, 0.2) is 59.5 Å². The van der Waals surface area contributed by atoms with Crippen molar-refractivity contribution in [3.05, 3.63) is 76.5 Å². The molecule has 2 aromatic heterocycles. The lowest BCUT2D eigenvalue weighted by atomic mass is 10.1. The number of hydrogen-bond acceptors (Lipinski definition) is 4. The third-order valence-corrected chi connectivity index (χ3v) is 3.38. The second-order valence-corrected chi connectivity index (χ2v) is 4.87. The molecule has 3 aromatic rings. The molecule has 0 fully saturated rings. The fraction of sp³-hybridized carbons (Fsp3) is 0.118. The zero-order valence-electron chi connectivity index (χ0n) is 12.4. The van der Waals surface area contributed by atoms with Crippen molar-refractivity contribution in [1.82, 2.24) is 14.8 Å². The summed E-state index contributed by atoms with van der Waals surface area (Å²) in [7, 11) is 1.51. The quantitative estimate of drug-likeness (QED) is 0.743. The molecule has 0 N–H and O–H groups in total. The lowest BCUT2D eigenvalue weighted by molar-refractivity contribution is 0.389. The fourth-order valence-electron chi connectivity index (χ4n) is 2.26. The standard InChI is InChI=1S/C17H14FN3O2/c1-23-17-12(5-4-10-19-17)11-21-16(22)9-8-15(20-21)13-6-2-3-7-14(13)18/h2-10H,11H2,1H3. The molecular formula is C17H14FN3O2. The first kappa shape index (κ1) is 14.9. The van der Waals surface area contributed by atoms with Crippen LogP contribution in [0.2, 0.25) is 0 Å². The van der Waals surface area contributed by atoms with Gasteiger partial charge in [-0.15, -0.1) is 0 Å². The van der Waals surface area contributed by atoms with Crippen molar-refractivity contribution in [2.24, 2.45) is 0 Å². The number of ether oxygens (including phenoxy) is 1. The number of aromatic nitrogens is 3. The van der Waals surface area contributed by atoms with Gasteiger partial charge in [0.05, 0.1) is 19.3 Å². The van der Waals surface area contributed by atoms with Gasteiger partial charge in [0.2, 0.25) is 5.88 Å². The fourth-order valence-corrected chi connectivity index (χ4v) is 2.26. The van der Waals surface area contributed by atoms with E-state index in [9.17, 15) is 9.18 Å². The Hall–Kier alpha value is -3.02. The first-order chi connectivity index (χ1) is 11.2. The Morgan fingerprint density at radius 3 is 2.74 bits per heavy atom. The molecule has 1 aromatic carbocycles. The van der Waals surface area contributed by atoms with E-state index in [4.69, 9.17) is 4.74 Å². The van der Waals surface area contributed by atoms with Crippen molar-refractivity contribution in [3.63, 3.8) is 0 Å². The summed E-state index contributed by atoms with van der Waals surface area (Å²) in [5.41, 5.74) is 1.18. The molecule has 0 amide bonds. The third kappa shape index (κ3) is 3.11. The zero-order valence-corrected chi connectivity index (χ0v) is 12.4. The molecule has 2 heterocycles. The highest BCUT2D eigenvalue weighted by molar-refractivity contribution is 5.58. The van der Waals surface area contributed by atoms with Crippen LogP contribution < -0.4 is 10.3 Å². The van der Waals surface area contributed by atoms with Crippen LogP contribution in [0.4, 0.5) is 4.39 Å². The molecule has 3 rings (SSSR count). The van der Waals surface area contributed by atoms with Gasteiger partial charge < -0.3 is 4.74 Å². The largest absolute Gasteiger partial charge is 0.481 e. The van der Waals surface area contributed by atoms with Crippen molar-refractivity contribution in [1.29, 1.82) is 0 Å². The molecule has 5 nitrogen and oxygen atoms in total. The normalized spacial score (nSPS) is 10.5. The van der Waals surface area contributed by atoms with Crippen LogP contribution in [-0.4, -0.2) is 21.9 Å². The second-order valence-electron chi connectivity index (χ2n) is 4.87. The molecule has 6 heteroatoms. The molecule has 0 atom stereocenters. The van der Waals surface area contributed by atoms with Crippen molar-refractivity contribution in [3.8, 4) is 17.1 Å². The van der Waals surface area contributed by atoms with Gasteiger partial charge in [0.25, 0.3) is 5.56 Å². The topological polar surface area (TPSA) is 57.0 Å². The highest BCUT2D eigenvalue weighted by atomic mass is 19.1. The molecule has 0 radical (unpaired) electrons. The summed E-state index contributed by atoms with van der Waals surface area (Å²) in [4.78, 5) is 16.1. The molecule has 23 heavy (non-hydrogen) atoms. The van der Waals surface area contributed by atoms with Crippen molar-refractivity contribution >= 4 is 0 Å². The zero-order chi connectivity index (χ0) is 16.2. The van der Waals surface area contributed by atoms with Crippen LogP contribution >= 0.6 is 0 Å². The van der Waals surface area contributed by atoms with Crippen molar-refractivity contribution in [2.45, 2.75) is 6.54 Å². The van der Waals surface area contributed by atoms with E-state index in [1.54, 1.807) is 36.5 Å². The Balaban J connectivity index is 2.02. The maximum absolute atomic E-state index is 13.9. The molecule has 0 aliphatic heterocycles. The van der Waals surface area contributed by atoms with Gasteiger partial charge in [-0.1, -0.05) is 18.2 Å². The monoisotopic (exact) mass is 311 g/mol. The first-order valence-electron chi connectivity index (χ1n) is 7.00. The summed E-state index contributed by atoms with van der Waals surface area (Å²) in [6, 6.07) is 12.7. The number of pyridine rings is 1. The minimum atomic E-state index is -0.385. The van der Waals surface area contributed by atoms with Gasteiger partial charge in [0.15, 0.2) is 0 Å². The SMILES string of the molecule is COc1ncccc1Cn1nc(-c2ccccc2F)ccc1=O. The van der Waals surface area contributed by atoms with Crippen LogP contribution in [0.1, 0.15) is 5.56 Å². The van der Waals surface area contributed by atoms with Crippen molar-refractivity contribution < 1.29 is 9.13 Å². The van der Waals surface area contributed by atoms with Gasteiger partial charge in [0, 0.05) is 23.4 Å². The van der Waals surface area contributed by atoms with Crippen LogP contribution in [0.3, 0.4) is 0 Å². The van der Waals surface area contributed by atoms with Gasteiger partial charge >= 0.3 is 0 Å².